The highest BCUT2D eigenvalue weighted by atomic mass is 16.7. The van der Waals surface area contributed by atoms with Crippen molar-refractivity contribution in [3.8, 4) is 0 Å². The smallest absolute Gasteiger partial charge is 0.303 e. The zero-order valence-electron chi connectivity index (χ0n) is 22.9. The molecule has 0 aliphatic carbocycles. The number of anilines is 1. The predicted octanol–water partition coefficient (Wildman–Crippen LogP) is 4.34. The molecule has 0 spiro atoms. The van der Waals surface area contributed by atoms with Gasteiger partial charge in [0.25, 0.3) is 0 Å². The second-order valence-corrected chi connectivity index (χ2v) is 10.2. The van der Waals surface area contributed by atoms with E-state index in [1.807, 2.05) is 54.6 Å². The lowest BCUT2D eigenvalue weighted by Gasteiger charge is -2.42. The van der Waals surface area contributed by atoms with Crippen molar-refractivity contribution in [2.45, 2.75) is 51.3 Å². The summed E-state index contributed by atoms with van der Waals surface area (Å²) in [6.45, 7) is 3.60. The van der Waals surface area contributed by atoms with Gasteiger partial charge in [0.1, 0.15) is 0 Å². The number of ether oxygens (including phenoxy) is 2. The van der Waals surface area contributed by atoms with E-state index in [-0.39, 0.29) is 43.5 Å². The summed E-state index contributed by atoms with van der Waals surface area (Å²) in [5.41, 5.74) is 4.17. The van der Waals surface area contributed by atoms with Crippen molar-refractivity contribution in [3.05, 3.63) is 95.3 Å². The van der Waals surface area contributed by atoms with E-state index in [0.717, 1.165) is 35.3 Å². The standard InChI is InChI=1S/C31H37N3O6/c1-21-27(19-34(2)17-15-25-7-3-4-16-32-25)39-31(40-30(21)23-11-9-22(20-35)10-12-23)24-6-5-8-26(18-24)33-28(36)13-14-29(37)38/h3-12,16,18,21,27,30-31,35H,13-15,17,19-20H2,1-2H3,(H,33,36)(H,37,38)/t21-,27+,30+,31+/m0/s1. The van der Waals surface area contributed by atoms with Crippen molar-refractivity contribution in [2.75, 3.05) is 25.5 Å². The molecule has 0 radical (unpaired) electrons. The summed E-state index contributed by atoms with van der Waals surface area (Å²) in [7, 11) is 2.07. The molecule has 9 heteroatoms. The molecule has 4 rings (SSSR count). The number of pyridine rings is 1. The van der Waals surface area contributed by atoms with Crippen molar-refractivity contribution in [3.63, 3.8) is 0 Å². The van der Waals surface area contributed by atoms with E-state index in [4.69, 9.17) is 14.6 Å². The topological polar surface area (TPSA) is 121 Å². The number of carboxylic acid groups (broad SMARTS) is 1. The number of nitrogens with one attached hydrogen (secondary N) is 1. The Morgan fingerprint density at radius 3 is 2.50 bits per heavy atom. The highest BCUT2D eigenvalue weighted by Gasteiger charge is 2.38. The third kappa shape index (κ3) is 8.19. The maximum absolute atomic E-state index is 12.2. The summed E-state index contributed by atoms with van der Waals surface area (Å²) in [5, 5.41) is 21.1. The minimum Gasteiger partial charge on any atom is -0.481 e. The number of likely N-dealkylation sites (N-methyl/N-ethyl adjacent to an activating group) is 1. The number of hydrogen-bond acceptors (Lipinski definition) is 7. The lowest BCUT2D eigenvalue weighted by atomic mass is 9.90. The van der Waals surface area contributed by atoms with Gasteiger partial charge in [-0.05, 0) is 42.4 Å². The zero-order valence-corrected chi connectivity index (χ0v) is 22.9. The largest absolute Gasteiger partial charge is 0.481 e. The molecule has 0 unspecified atom stereocenters. The van der Waals surface area contributed by atoms with E-state index in [1.54, 1.807) is 18.3 Å². The molecule has 1 amide bonds. The number of hydrogen-bond donors (Lipinski definition) is 3. The lowest BCUT2D eigenvalue weighted by Crippen LogP contribution is -2.44. The Kier molecular flexibility index (Phi) is 10.4. The van der Waals surface area contributed by atoms with E-state index >= 15 is 0 Å². The monoisotopic (exact) mass is 547 g/mol. The summed E-state index contributed by atoms with van der Waals surface area (Å²) < 4.78 is 13.1. The number of aliphatic carboxylic acids is 1. The number of carbonyl (C=O) groups is 2. The Balaban J connectivity index is 1.51. The van der Waals surface area contributed by atoms with Crippen LogP contribution < -0.4 is 5.32 Å². The third-order valence-corrected chi connectivity index (χ3v) is 7.10. The van der Waals surface area contributed by atoms with Crippen molar-refractivity contribution in [2.24, 2.45) is 5.92 Å². The predicted molar refractivity (Wildman–Crippen MR) is 150 cm³/mol. The number of rotatable bonds is 12. The summed E-state index contributed by atoms with van der Waals surface area (Å²) in [4.78, 5) is 29.7. The third-order valence-electron chi connectivity index (χ3n) is 7.10. The SMILES string of the molecule is C[C@H]1[C@@H](CN(C)CCc2ccccn2)O[C@@H](c2cccc(NC(=O)CCC(=O)O)c2)O[C@H]1c1ccc(CO)cc1. The molecule has 2 heterocycles. The van der Waals surface area contributed by atoms with Crippen LogP contribution >= 0.6 is 0 Å². The van der Waals surface area contributed by atoms with Crippen LogP contribution in [0.25, 0.3) is 0 Å². The minimum atomic E-state index is -1.02. The number of aromatic nitrogens is 1. The average molecular weight is 548 g/mol. The maximum atomic E-state index is 12.2. The van der Waals surface area contributed by atoms with Crippen LogP contribution in [0.4, 0.5) is 5.69 Å². The average Bonchev–Trinajstić information content (AvgIpc) is 2.97. The highest BCUT2D eigenvalue weighted by Crippen LogP contribution is 2.42. The van der Waals surface area contributed by atoms with Gasteiger partial charge >= 0.3 is 5.97 Å². The van der Waals surface area contributed by atoms with Crippen molar-refractivity contribution in [1.82, 2.24) is 9.88 Å². The number of benzene rings is 2. The van der Waals surface area contributed by atoms with Gasteiger partial charge in [-0.1, -0.05) is 49.4 Å². The van der Waals surface area contributed by atoms with Gasteiger partial charge in [0.15, 0.2) is 6.29 Å². The fourth-order valence-corrected chi connectivity index (χ4v) is 4.78. The van der Waals surface area contributed by atoms with E-state index in [9.17, 15) is 14.7 Å². The Hall–Kier alpha value is -3.63. The van der Waals surface area contributed by atoms with Crippen LogP contribution in [0.1, 0.15) is 54.5 Å². The fraction of sp³-hybridized carbons (Fsp3) is 0.387. The first-order valence-electron chi connectivity index (χ1n) is 13.5. The Morgan fingerprint density at radius 1 is 1.00 bits per heavy atom. The van der Waals surface area contributed by atoms with Crippen molar-refractivity contribution < 1.29 is 29.3 Å². The normalized spacial score (nSPS) is 20.8. The summed E-state index contributed by atoms with van der Waals surface area (Å²) in [6.07, 6.45) is 1.21. The van der Waals surface area contributed by atoms with Crippen molar-refractivity contribution >= 4 is 17.6 Å². The Bertz CT molecular complexity index is 1250. The highest BCUT2D eigenvalue weighted by molar-refractivity contribution is 5.92. The molecule has 1 aliphatic rings. The first-order chi connectivity index (χ1) is 19.3. The number of aliphatic hydroxyl groups excluding tert-OH is 1. The molecule has 3 N–H and O–H groups in total. The number of aliphatic hydroxyl groups is 1. The second kappa shape index (κ2) is 14.1. The van der Waals surface area contributed by atoms with E-state index in [1.165, 1.54) is 0 Å². The molecule has 0 bridgehead atoms. The van der Waals surface area contributed by atoms with Gasteiger partial charge in [-0.25, -0.2) is 0 Å². The van der Waals surface area contributed by atoms with Crippen LogP contribution in [0.5, 0.6) is 0 Å². The van der Waals surface area contributed by atoms with Crippen LogP contribution in [0.3, 0.4) is 0 Å². The number of nitrogens with zero attached hydrogens (tertiary/aromatic N) is 2. The molecule has 40 heavy (non-hydrogen) atoms. The fourth-order valence-electron chi connectivity index (χ4n) is 4.78. The molecule has 1 saturated heterocycles. The molecule has 3 aromatic rings. The Labute approximate surface area is 234 Å². The quantitative estimate of drug-likeness (QED) is 0.306. The van der Waals surface area contributed by atoms with Gasteiger partial charge in [-0.3, -0.25) is 14.6 Å². The summed E-state index contributed by atoms with van der Waals surface area (Å²) in [6, 6.07) is 20.9. The summed E-state index contributed by atoms with van der Waals surface area (Å²) >= 11 is 0. The van der Waals surface area contributed by atoms with Gasteiger partial charge in [0.05, 0.1) is 25.2 Å². The molecular weight excluding hydrogens is 510 g/mol. The number of carboxylic acids is 1. The molecule has 4 atom stereocenters. The molecule has 1 fully saturated rings. The van der Waals surface area contributed by atoms with Crippen molar-refractivity contribution in [1.29, 1.82) is 0 Å². The van der Waals surface area contributed by atoms with Gasteiger partial charge in [0, 0.05) is 55.0 Å². The molecule has 1 aromatic heterocycles. The molecular formula is C31H37N3O6. The second-order valence-electron chi connectivity index (χ2n) is 10.2. The van der Waals surface area contributed by atoms with E-state index in [0.29, 0.717) is 12.2 Å². The molecule has 9 nitrogen and oxygen atoms in total. The number of amides is 1. The first kappa shape index (κ1) is 29.4. The van der Waals surface area contributed by atoms with Crippen LogP contribution in [0.15, 0.2) is 72.9 Å². The van der Waals surface area contributed by atoms with Gasteiger partial charge in [-0.15, -0.1) is 0 Å². The number of carbonyl (C=O) groups excluding carboxylic acids is 1. The van der Waals surface area contributed by atoms with Crippen LogP contribution in [0, 0.1) is 5.92 Å². The van der Waals surface area contributed by atoms with Gasteiger partial charge < -0.3 is 29.9 Å². The molecule has 212 valence electrons. The van der Waals surface area contributed by atoms with E-state index < -0.39 is 12.3 Å². The van der Waals surface area contributed by atoms with E-state index in [2.05, 4.69) is 29.2 Å². The lowest BCUT2D eigenvalue weighted by molar-refractivity contribution is -0.275. The summed E-state index contributed by atoms with van der Waals surface area (Å²) in [5.74, 6) is -1.35. The molecule has 0 saturated carbocycles. The maximum Gasteiger partial charge on any atom is 0.303 e. The molecule has 2 aromatic carbocycles. The zero-order chi connectivity index (χ0) is 28.5. The first-order valence-corrected chi connectivity index (χ1v) is 13.5. The Morgan fingerprint density at radius 2 is 1.80 bits per heavy atom. The van der Waals surface area contributed by atoms with Gasteiger partial charge in [0.2, 0.25) is 5.91 Å². The minimum absolute atomic E-state index is 0.0260. The van der Waals surface area contributed by atoms with Crippen LogP contribution in [-0.4, -0.2) is 58.2 Å². The van der Waals surface area contributed by atoms with Crippen LogP contribution in [-0.2, 0) is 32.1 Å². The van der Waals surface area contributed by atoms with Crippen LogP contribution in [0.2, 0.25) is 0 Å². The van der Waals surface area contributed by atoms with Gasteiger partial charge in [-0.2, -0.15) is 0 Å². The molecule has 1 aliphatic heterocycles.